The third-order valence-electron chi connectivity index (χ3n) is 3.09. The number of thioether (sulfide) groups is 1. The first-order chi connectivity index (χ1) is 10.1. The molecule has 0 fully saturated rings. The maximum atomic E-state index is 12.5. The maximum absolute atomic E-state index is 12.5. The molecule has 0 spiro atoms. The minimum absolute atomic E-state index is 0.160. The molecular formula is C16H25NO3S. The summed E-state index contributed by atoms with van der Waals surface area (Å²) in [6.07, 6.45) is 0. The molecule has 1 aromatic carbocycles. The van der Waals surface area contributed by atoms with Gasteiger partial charge in [-0.1, -0.05) is 30.3 Å². The molecule has 4 nitrogen and oxygen atoms in total. The van der Waals surface area contributed by atoms with Gasteiger partial charge in [0.15, 0.2) is 5.54 Å². The number of carbonyl (C=O) groups is 1. The Hall–Kier alpha value is -1.04. The molecule has 1 aromatic rings. The number of hydrogen-bond donors (Lipinski definition) is 1. The monoisotopic (exact) mass is 311 g/mol. The van der Waals surface area contributed by atoms with E-state index in [1.807, 2.05) is 44.2 Å². The van der Waals surface area contributed by atoms with Crippen LogP contribution in [0.3, 0.4) is 0 Å². The molecule has 0 radical (unpaired) electrons. The van der Waals surface area contributed by atoms with Gasteiger partial charge in [-0.3, -0.25) is 5.32 Å². The first-order valence-corrected chi connectivity index (χ1v) is 8.20. The van der Waals surface area contributed by atoms with E-state index in [2.05, 4.69) is 5.32 Å². The number of rotatable bonds is 9. The second-order valence-corrected chi connectivity index (χ2v) is 6.21. The van der Waals surface area contributed by atoms with Crippen LogP contribution in [0.5, 0.6) is 0 Å². The molecule has 0 aromatic heterocycles. The van der Waals surface area contributed by atoms with Gasteiger partial charge in [-0.25, -0.2) is 4.79 Å². The second kappa shape index (κ2) is 9.07. The van der Waals surface area contributed by atoms with Crippen molar-refractivity contribution in [2.24, 2.45) is 0 Å². The highest BCUT2D eigenvalue weighted by Gasteiger charge is 2.41. The van der Waals surface area contributed by atoms with Crippen LogP contribution in [-0.2, 0) is 19.8 Å². The predicted molar refractivity (Wildman–Crippen MR) is 87.6 cm³/mol. The smallest absolute Gasteiger partial charge is 0.331 e. The molecule has 1 unspecified atom stereocenters. The van der Waals surface area contributed by atoms with Gasteiger partial charge >= 0.3 is 5.97 Å². The summed E-state index contributed by atoms with van der Waals surface area (Å²) in [5.74, 6) is 1.18. The largest absolute Gasteiger partial charge is 0.467 e. The molecule has 5 heteroatoms. The lowest BCUT2D eigenvalue weighted by molar-refractivity contribution is -0.148. The molecular weight excluding hydrogens is 286 g/mol. The fraction of sp³-hybridized carbons (Fsp3) is 0.562. The Morgan fingerprint density at radius 1 is 1.29 bits per heavy atom. The van der Waals surface area contributed by atoms with Crippen LogP contribution < -0.4 is 5.32 Å². The van der Waals surface area contributed by atoms with E-state index in [1.54, 1.807) is 18.9 Å². The van der Waals surface area contributed by atoms with E-state index in [1.165, 1.54) is 7.11 Å². The average molecular weight is 311 g/mol. The van der Waals surface area contributed by atoms with Crippen molar-refractivity contribution < 1.29 is 14.3 Å². The van der Waals surface area contributed by atoms with Crippen molar-refractivity contribution in [1.82, 2.24) is 5.32 Å². The van der Waals surface area contributed by atoms with Crippen LogP contribution in [0, 0.1) is 0 Å². The van der Waals surface area contributed by atoms with Crippen LogP contribution in [-0.4, -0.2) is 44.3 Å². The molecule has 0 heterocycles. The SMILES string of the molecule is COCCSCC(NC(C)C)(C(=O)OC)c1ccccc1. The van der Waals surface area contributed by atoms with E-state index in [0.29, 0.717) is 12.4 Å². The highest BCUT2D eigenvalue weighted by atomic mass is 32.2. The summed E-state index contributed by atoms with van der Waals surface area (Å²) < 4.78 is 10.2. The average Bonchev–Trinajstić information content (AvgIpc) is 2.50. The molecule has 0 saturated carbocycles. The van der Waals surface area contributed by atoms with Crippen LogP contribution >= 0.6 is 11.8 Å². The Morgan fingerprint density at radius 3 is 2.48 bits per heavy atom. The van der Waals surface area contributed by atoms with Crippen molar-refractivity contribution in [3.8, 4) is 0 Å². The van der Waals surface area contributed by atoms with Crippen LogP contribution in [0.25, 0.3) is 0 Å². The van der Waals surface area contributed by atoms with E-state index in [4.69, 9.17) is 9.47 Å². The number of carbonyl (C=O) groups excluding carboxylic acids is 1. The minimum Gasteiger partial charge on any atom is -0.467 e. The van der Waals surface area contributed by atoms with Crippen molar-refractivity contribution in [3.63, 3.8) is 0 Å². The molecule has 0 saturated heterocycles. The zero-order chi connectivity index (χ0) is 15.7. The van der Waals surface area contributed by atoms with Gasteiger partial charge in [-0.15, -0.1) is 0 Å². The molecule has 118 valence electrons. The van der Waals surface area contributed by atoms with Gasteiger partial charge in [0.2, 0.25) is 0 Å². The normalized spacial score (nSPS) is 14.0. The second-order valence-electron chi connectivity index (χ2n) is 5.11. The van der Waals surface area contributed by atoms with Crippen molar-refractivity contribution in [2.45, 2.75) is 25.4 Å². The molecule has 0 aliphatic carbocycles. The molecule has 0 amide bonds. The number of methoxy groups -OCH3 is 2. The Kier molecular flexibility index (Phi) is 7.78. The van der Waals surface area contributed by atoms with Gasteiger partial charge in [0, 0.05) is 24.7 Å². The van der Waals surface area contributed by atoms with Gasteiger partial charge in [0.1, 0.15) is 0 Å². The highest BCUT2D eigenvalue weighted by molar-refractivity contribution is 7.99. The van der Waals surface area contributed by atoms with E-state index in [9.17, 15) is 4.79 Å². The van der Waals surface area contributed by atoms with Crippen molar-refractivity contribution in [2.75, 3.05) is 32.3 Å². The Labute approximate surface area is 131 Å². The number of nitrogens with one attached hydrogen (secondary N) is 1. The molecule has 1 rings (SSSR count). The zero-order valence-corrected chi connectivity index (χ0v) is 14.0. The summed E-state index contributed by atoms with van der Waals surface area (Å²) in [6, 6.07) is 9.90. The lowest BCUT2D eigenvalue weighted by Gasteiger charge is -2.34. The fourth-order valence-corrected chi connectivity index (χ4v) is 3.30. The summed E-state index contributed by atoms with van der Waals surface area (Å²) in [5, 5.41) is 3.40. The van der Waals surface area contributed by atoms with E-state index in [0.717, 1.165) is 11.3 Å². The standard InChI is InChI=1S/C16H25NO3S/c1-13(2)17-16(15(18)20-4,12-21-11-10-19-3)14-8-6-5-7-9-14/h5-9,13,17H,10-12H2,1-4H3. The van der Waals surface area contributed by atoms with Crippen molar-refractivity contribution in [3.05, 3.63) is 35.9 Å². The van der Waals surface area contributed by atoms with Crippen molar-refractivity contribution in [1.29, 1.82) is 0 Å². The number of esters is 1. The van der Waals surface area contributed by atoms with Crippen LogP contribution in [0.1, 0.15) is 19.4 Å². The molecule has 0 aliphatic rings. The van der Waals surface area contributed by atoms with E-state index in [-0.39, 0.29) is 12.0 Å². The van der Waals surface area contributed by atoms with Crippen LogP contribution in [0.4, 0.5) is 0 Å². The number of hydrogen-bond acceptors (Lipinski definition) is 5. The quantitative estimate of drug-likeness (QED) is 0.561. The summed E-state index contributed by atoms with van der Waals surface area (Å²) in [5.41, 5.74) is 0.0956. The van der Waals surface area contributed by atoms with Gasteiger partial charge in [0.25, 0.3) is 0 Å². The third-order valence-corrected chi connectivity index (χ3v) is 4.18. The summed E-state index contributed by atoms with van der Waals surface area (Å²) in [7, 11) is 3.11. The van der Waals surface area contributed by atoms with Gasteiger partial charge < -0.3 is 9.47 Å². The maximum Gasteiger partial charge on any atom is 0.331 e. The zero-order valence-electron chi connectivity index (χ0n) is 13.2. The van der Waals surface area contributed by atoms with Crippen molar-refractivity contribution >= 4 is 17.7 Å². The topological polar surface area (TPSA) is 47.6 Å². The third kappa shape index (κ3) is 5.02. The first-order valence-electron chi connectivity index (χ1n) is 7.05. The number of ether oxygens (including phenoxy) is 2. The van der Waals surface area contributed by atoms with Crippen LogP contribution in [0.2, 0.25) is 0 Å². The summed E-state index contributed by atoms with van der Waals surface area (Å²) in [4.78, 5) is 12.5. The predicted octanol–water partition coefficient (Wildman–Crippen LogP) is 2.43. The lowest BCUT2D eigenvalue weighted by Crippen LogP contribution is -2.54. The molecule has 0 aliphatic heterocycles. The Balaban J connectivity index is 3.06. The minimum atomic E-state index is -0.831. The van der Waals surface area contributed by atoms with Gasteiger partial charge in [0.05, 0.1) is 13.7 Å². The van der Waals surface area contributed by atoms with Gasteiger partial charge in [-0.05, 0) is 19.4 Å². The summed E-state index contributed by atoms with van der Waals surface area (Å²) in [6.45, 7) is 4.72. The Morgan fingerprint density at radius 2 is 1.95 bits per heavy atom. The molecule has 0 bridgehead atoms. The fourth-order valence-electron chi connectivity index (χ4n) is 2.20. The lowest BCUT2D eigenvalue weighted by atomic mass is 9.91. The highest BCUT2D eigenvalue weighted by Crippen LogP contribution is 2.28. The van der Waals surface area contributed by atoms with Crippen LogP contribution in [0.15, 0.2) is 30.3 Å². The van der Waals surface area contributed by atoms with Gasteiger partial charge in [-0.2, -0.15) is 11.8 Å². The molecule has 1 N–H and O–H groups in total. The molecule has 21 heavy (non-hydrogen) atoms. The van der Waals surface area contributed by atoms with E-state index < -0.39 is 5.54 Å². The number of benzene rings is 1. The first kappa shape index (κ1) is 18.0. The summed E-state index contributed by atoms with van der Waals surface area (Å²) >= 11 is 1.68. The van der Waals surface area contributed by atoms with E-state index >= 15 is 0 Å². The Bertz CT molecular complexity index is 425. The molecule has 1 atom stereocenters.